The minimum Gasteiger partial charge on any atom is -0.361 e. The standard InChI is InChI=1S/C7H11ClN2OS2/c1-2-13(11)4-3-9-7-10-6(8)5-12-7/h5H,2-4H2,1H3,(H,9,10). The smallest absolute Gasteiger partial charge is 0.184 e. The summed E-state index contributed by atoms with van der Waals surface area (Å²) in [6.07, 6.45) is 0. The minimum absolute atomic E-state index is 0.504. The molecule has 0 aliphatic carbocycles. The molecular weight excluding hydrogens is 228 g/mol. The quantitative estimate of drug-likeness (QED) is 0.853. The maximum absolute atomic E-state index is 11.0. The molecule has 0 aliphatic heterocycles. The Morgan fingerprint density at radius 2 is 2.54 bits per heavy atom. The molecule has 0 fully saturated rings. The molecule has 1 atom stereocenters. The number of anilines is 1. The van der Waals surface area contributed by atoms with Crippen molar-refractivity contribution >= 4 is 38.9 Å². The summed E-state index contributed by atoms with van der Waals surface area (Å²) in [6, 6.07) is 0. The summed E-state index contributed by atoms with van der Waals surface area (Å²) in [6.45, 7) is 2.60. The SMILES string of the molecule is CCS(=O)CCNc1nc(Cl)cs1. The first-order valence-electron chi connectivity index (χ1n) is 3.92. The topological polar surface area (TPSA) is 42.0 Å². The first-order valence-corrected chi connectivity index (χ1v) is 6.67. The number of aromatic nitrogens is 1. The van der Waals surface area contributed by atoms with E-state index in [0.29, 0.717) is 23.2 Å². The molecule has 0 saturated heterocycles. The van der Waals surface area contributed by atoms with E-state index in [2.05, 4.69) is 10.3 Å². The largest absolute Gasteiger partial charge is 0.361 e. The van der Waals surface area contributed by atoms with Crippen LogP contribution in [-0.2, 0) is 10.8 Å². The van der Waals surface area contributed by atoms with Gasteiger partial charge in [0.25, 0.3) is 0 Å². The van der Waals surface area contributed by atoms with E-state index in [-0.39, 0.29) is 0 Å². The van der Waals surface area contributed by atoms with Crippen molar-refractivity contribution in [2.45, 2.75) is 6.92 Å². The van der Waals surface area contributed by atoms with Gasteiger partial charge in [-0.25, -0.2) is 4.98 Å². The summed E-state index contributed by atoms with van der Waals surface area (Å²) >= 11 is 7.08. The highest BCUT2D eigenvalue weighted by atomic mass is 35.5. The summed E-state index contributed by atoms with van der Waals surface area (Å²) in [5.74, 6) is 1.37. The second-order valence-corrected chi connectivity index (χ2v) is 5.45. The molecule has 0 spiro atoms. The fourth-order valence-electron chi connectivity index (χ4n) is 0.751. The van der Waals surface area contributed by atoms with Crippen LogP contribution in [0.15, 0.2) is 5.38 Å². The van der Waals surface area contributed by atoms with Crippen molar-refractivity contribution in [3.05, 3.63) is 10.5 Å². The van der Waals surface area contributed by atoms with Crippen LogP contribution in [0.1, 0.15) is 6.92 Å². The number of thiazole rings is 1. The lowest BCUT2D eigenvalue weighted by atomic mass is 10.7. The Morgan fingerprint density at radius 1 is 1.77 bits per heavy atom. The molecule has 0 aromatic carbocycles. The number of hydrogen-bond acceptors (Lipinski definition) is 4. The highest BCUT2D eigenvalue weighted by Crippen LogP contribution is 2.18. The zero-order chi connectivity index (χ0) is 9.68. The van der Waals surface area contributed by atoms with Crippen molar-refractivity contribution in [1.29, 1.82) is 0 Å². The van der Waals surface area contributed by atoms with Crippen LogP contribution in [0.5, 0.6) is 0 Å². The predicted octanol–water partition coefficient (Wildman–Crippen LogP) is 1.98. The molecule has 0 radical (unpaired) electrons. The van der Waals surface area contributed by atoms with Crippen LogP contribution in [0, 0.1) is 0 Å². The molecule has 6 heteroatoms. The average Bonchev–Trinajstić information content (AvgIpc) is 2.51. The van der Waals surface area contributed by atoms with Crippen LogP contribution in [-0.4, -0.2) is 27.2 Å². The van der Waals surface area contributed by atoms with Crippen LogP contribution in [0.2, 0.25) is 5.15 Å². The van der Waals surface area contributed by atoms with Gasteiger partial charge in [0.05, 0.1) is 0 Å². The molecule has 1 rings (SSSR count). The van der Waals surface area contributed by atoms with Gasteiger partial charge in [0, 0.05) is 34.2 Å². The Morgan fingerprint density at radius 3 is 3.08 bits per heavy atom. The summed E-state index contributed by atoms with van der Waals surface area (Å²) in [5, 5.41) is 6.12. The van der Waals surface area contributed by atoms with E-state index < -0.39 is 10.8 Å². The van der Waals surface area contributed by atoms with E-state index in [0.717, 1.165) is 5.13 Å². The zero-order valence-corrected chi connectivity index (χ0v) is 9.64. The molecule has 1 N–H and O–H groups in total. The van der Waals surface area contributed by atoms with Crippen molar-refractivity contribution < 1.29 is 4.21 Å². The van der Waals surface area contributed by atoms with Gasteiger partial charge in [-0.15, -0.1) is 11.3 Å². The van der Waals surface area contributed by atoms with Crippen molar-refractivity contribution in [3.8, 4) is 0 Å². The van der Waals surface area contributed by atoms with Crippen LogP contribution in [0.25, 0.3) is 0 Å². The van der Waals surface area contributed by atoms with Gasteiger partial charge in [-0.1, -0.05) is 18.5 Å². The first kappa shape index (κ1) is 10.9. The van der Waals surface area contributed by atoms with E-state index in [1.807, 2.05) is 6.92 Å². The van der Waals surface area contributed by atoms with Crippen LogP contribution in [0.3, 0.4) is 0 Å². The van der Waals surface area contributed by atoms with Gasteiger partial charge in [0.1, 0.15) is 5.15 Å². The van der Waals surface area contributed by atoms with Gasteiger partial charge in [-0.3, -0.25) is 4.21 Å². The molecule has 1 aromatic rings. The highest BCUT2D eigenvalue weighted by molar-refractivity contribution is 7.84. The normalized spacial score (nSPS) is 12.8. The van der Waals surface area contributed by atoms with Crippen molar-refractivity contribution in [3.63, 3.8) is 0 Å². The lowest BCUT2D eigenvalue weighted by Crippen LogP contribution is -2.11. The number of hydrogen-bond donors (Lipinski definition) is 1. The second-order valence-electron chi connectivity index (χ2n) is 2.33. The van der Waals surface area contributed by atoms with Gasteiger partial charge in [-0.2, -0.15) is 0 Å². The predicted molar refractivity (Wildman–Crippen MR) is 59.2 cm³/mol. The van der Waals surface area contributed by atoms with Gasteiger partial charge in [-0.05, 0) is 0 Å². The first-order chi connectivity index (χ1) is 6.22. The molecule has 0 saturated carbocycles. The molecule has 0 bridgehead atoms. The summed E-state index contributed by atoms with van der Waals surface area (Å²) in [5.41, 5.74) is 0. The van der Waals surface area contributed by atoms with Gasteiger partial charge >= 0.3 is 0 Å². The van der Waals surface area contributed by atoms with E-state index in [9.17, 15) is 4.21 Å². The highest BCUT2D eigenvalue weighted by Gasteiger charge is 1.99. The van der Waals surface area contributed by atoms with Gasteiger partial charge in [0.2, 0.25) is 0 Å². The molecule has 3 nitrogen and oxygen atoms in total. The lowest BCUT2D eigenvalue weighted by Gasteiger charge is -2.00. The number of nitrogens with one attached hydrogen (secondary N) is 1. The minimum atomic E-state index is -0.712. The van der Waals surface area contributed by atoms with Gasteiger partial charge in [0.15, 0.2) is 5.13 Å². The molecular formula is C7H11ClN2OS2. The molecule has 0 amide bonds. The molecule has 13 heavy (non-hydrogen) atoms. The molecule has 1 aromatic heterocycles. The van der Waals surface area contributed by atoms with Gasteiger partial charge < -0.3 is 5.32 Å². The Labute approximate surface area is 89.0 Å². The number of halogens is 1. The summed E-state index contributed by atoms with van der Waals surface area (Å²) in [4.78, 5) is 4.01. The maximum Gasteiger partial charge on any atom is 0.184 e. The number of nitrogens with zero attached hydrogens (tertiary/aromatic N) is 1. The van der Waals surface area contributed by atoms with Crippen molar-refractivity contribution in [2.24, 2.45) is 0 Å². The zero-order valence-electron chi connectivity index (χ0n) is 7.25. The molecule has 1 unspecified atom stereocenters. The van der Waals surface area contributed by atoms with Crippen LogP contribution >= 0.6 is 22.9 Å². The third kappa shape index (κ3) is 4.06. The van der Waals surface area contributed by atoms with E-state index in [1.165, 1.54) is 11.3 Å². The number of rotatable bonds is 5. The average molecular weight is 239 g/mol. The van der Waals surface area contributed by atoms with Crippen LogP contribution in [0.4, 0.5) is 5.13 Å². The third-order valence-electron chi connectivity index (χ3n) is 1.40. The molecule has 1 heterocycles. The maximum atomic E-state index is 11.0. The fraction of sp³-hybridized carbons (Fsp3) is 0.571. The van der Waals surface area contributed by atoms with Crippen molar-refractivity contribution in [1.82, 2.24) is 4.98 Å². The molecule has 0 aliphatic rings. The lowest BCUT2D eigenvalue weighted by molar-refractivity contribution is 0.684. The van der Waals surface area contributed by atoms with E-state index >= 15 is 0 Å². The Bertz CT molecular complexity index is 290. The third-order valence-corrected chi connectivity index (χ3v) is 3.83. The van der Waals surface area contributed by atoms with Crippen molar-refractivity contribution in [2.75, 3.05) is 23.4 Å². The second kappa shape index (κ2) is 5.57. The Hall–Kier alpha value is -0.130. The summed E-state index contributed by atoms with van der Waals surface area (Å²) < 4.78 is 11.0. The monoisotopic (exact) mass is 238 g/mol. The Balaban J connectivity index is 2.24. The fourth-order valence-corrected chi connectivity index (χ4v) is 2.24. The molecule has 74 valence electrons. The van der Waals surface area contributed by atoms with E-state index in [1.54, 1.807) is 5.38 Å². The summed E-state index contributed by atoms with van der Waals surface area (Å²) in [7, 11) is -0.712. The van der Waals surface area contributed by atoms with E-state index in [4.69, 9.17) is 11.6 Å². The van der Waals surface area contributed by atoms with Crippen LogP contribution < -0.4 is 5.32 Å². The Kier molecular flexibility index (Phi) is 4.69.